The number of methoxy groups -OCH3 is 1. The van der Waals surface area contributed by atoms with Crippen molar-refractivity contribution in [3.05, 3.63) is 94.3 Å². The Kier molecular flexibility index (Phi) is 19.4. The van der Waals surface area contributed by atoms with E-state index in [4.69, 9.17) is 44.5 Å². The van der Waals surface area contributed by atoms with E-state index in [2.05, 4.69) is 9.68 Å². The van der Waals surface area contributed by atoms with Crippen LogP contribution in [0.4, 0.5) is 27.2 Å². The molecule has 2 aliphatic heterocycles. The average Bonchev–Trinajstić information content (AvgIpc) is 4.16. The van der Waals surface area contributed by atoms with E-state index in [1.165, 1.54) is 9.80 Å². The molecule has 1 aliphatic carbocycles. The normalized spacial score (nSPS) is 17.0. The molecule has 2 atom stereocenters. The van der Waals surface area contributed by atoms with Crippen molar-refractivity contribution in [3.63, 3.8) is 0 Å². The highest BCUT2D eigenvalue weighted by Gasteiger charge is 2.50. The molecule has 0 radical (unpaired) electrons. The van der Waals surface area contributed by atoms with E-state index in [0.29, 0.717) is 72.8 Å². The first kappa shape index (κ1) is 53.6. The first-order chi connectivity index (χ1) is 33.5. The number of fused-ring (bicyclic) bond motifs is 2. The number of benzene rings is 3. The van der Waals surface area contributed by atoms with Gasteiger partial charge < -0.3 is 33.5 Å². The second-order valence-electron chi connectivity index (χ2n) is 16.9. The Bertz CT molecular complexity index is 2250. The fourth-order valence-corrected chi connectivity index (χ4v) is 8.33. The van der Waals surface area contributed by atoms with Crippen molar-refractivity contribution in [3.8, 4) is 17.2 Å². The highest BCUT2D eigenvalue weighted by Crippen LogP contribution is 2.42. The summed E-state index contributed by atoms with van der Waals surface area (Å²) in [5, 5.41) is 34.5. The fraction of sp³-hybridized carbons (Fsp3) is 0.511. The number of halogens is 4. The number of amides is 3. The van der Waals surface area contributed by atoms with Gasteiger partial charge in [0.1, 0.15) is 11.5 Å². The molecule has 1 saturated carbocycles. The minimum atomic E-state index is -4.68. The van der Waals surface area contributed by atoms with Crippen LogP contribution in [0.25, 0.3) is 5.57 Å². The van der Waals surface area contributed by atoms with Crippen LogP contribution in [0.2, 0.25) is 0 Å². The van der Waals surface area contributed by atoms with Crippen molar-refractivity contribution < 1.29 is 86.1 Å². The predicted octanol–water partition coefficient (Wildman–Crippen LogP) is 7.96. The van der Waals surface area contributed by atoms with Crippen LogP contribution >= 0.6 is 0 Å². The lowest BCUT2D eigenvalue weighted by molar-refractivity contribution is -0.492. The Morgan fingerprint density at radius 1 is 0.729 bits per heavy atom. The van der Waals surface area contributed by atoms with Crippen molar-refractivity contribution in [2.45, 2.75) is 95.6 Å². The highest BCUT2D eigenvalue weighted by molar-refractivity contribution is 6.04. The lowest BCUT2D eigenvalue weighted by Gasteiger charge is -2.50. The molecule has 3 amide bonds. The molecule has 23 heteroatoms. The van der Waals surface area contributed by atoms with Crippen LogP contribution in [-0.2, 0) is 36.7 Å². The summed E-state index contributed by atoms with van der Waals surface area (Å²) in [6.45, 7) is 2.20. The zero-order valence-electron chi connectivity index (χ0n) is 38.9. The number of nitrogens with zero attached hydrogens (tertiary/aromatic N) is 5. The number of unbranched alkanes of at least 4 members (excludes halogenated alkanes) is 3. The van der Waals surface area contributed by atoms with Gasteiger partial charge in [-0.3, -0.25) is 40.2 Å². The number of rotatable bonds is 25. The van der Waals surface area contributed by atoms with Crippen LogP contribution in [0.15, 0.2) is 66.2 Å². The third-order valence-corrected chi connectivity index (χ3v) is 11.9. The molecular weight excluding hydrogens is 935 g/mol. The maximum absolute atomic E-state index is 15.4. The maximum atomic E-state index is 15.4. The molecule has 4 N–H and O–H groups in total. The van der Waals surface area contributed by atoms with Crippen molar-refractivity contribution >= 4 is 23.7 Å². The largest absolute Gasteiger partial charge is 0.496 e. The average molecular weight is 994 g/mol. The Hall–Kier alpha value is -5.79. The first-order valence-electron chi connectivity index (χ1n) is 22.9. The van der Waals surface area contributed by atoms with E-state index in [-0.39, 0.29) is 83.4 Å². The van der Waals surface area contributed by atoms with Crippen LogP contribution in [-0.4, -0.2) is 142 Å². The summed E-state index contributed by atoms with van der Waals surface area (Å²) in [5.41, 5.74) is 2.30. The van der Waals surface area contributed by atoms with Gasteiger partial charge in [0.05, 0.1) is 75.2 Å². The van der Waals surface area contributed by atoms with Crippen LogP contribution < -0.4 is 14.2 Å². The van der Waals surface area contributed by atoms with Gasteiger partial charge in [-0.2, -0.15) is 13.2 Å². The number of hydrogen-bond donors (Lipinski definition) is 4. The van der Waals surface area contributed by atoms with E-state index in [9.17, 15) is 27.2 Å². The zero-order valence-corrected chi connectivity index (χ0v) is 38.9. The Labute approximate surface area is 401 Å². The molecule has 2 heterocycles. The number of alkyl halides is 3. The van der Waals surface area contributed by atoms with E-state index < -0.39 is 52.6 Å². The molecular formula is C47H59F4N5O14. The van der Waals surface area contributed by atoms with Crippen molar-refractivity contribution in [2.24, 2.45) is 0 Å². The summed E-state index contributed by atoms with van der Waals surface area (Å²) in [4.78, 5) is 57.2. The van der Waals surface area contributed by atoms with Crippen molar-refractivity contribution in [1.82, 2.24) is 25.5 Å². The molecule has 3 aliphatic rings. The minimum Gasteiger partial charge on any atom is -0.496 e. The van der Waals surface area contributed by atoms with Gasteiger partial charge in [-0.1, -0.05) is 24.3 Å². The van der Waals surface area contributed by atoms with Crippen LogP contribution in [0.5, 0.6) is 17.2 Å². The molecule has 3 aromatic rings. The number of piperazine rings is 1. The second kappa shape index (κ2) is 25.4. The Morgan fingerprint density at radius 3 is 1.91 bits per heavy atom. The first-order valence-corrected chi connectivity index (χ1v) is 22.9. The Morgan fingerprint density at radius 2 is 1.33 bits per heavy atom. The maximum Gasteiger partial charge on any atom is 0.416 e. The van der Waals surface area contributed by atoms with E-state index in [0.717, 1.165) is 36.1 Å². The van der Waals surface area contributed by atoms with Crippen molar-refractivity contribution in [1.29, 1.82) is 0 Å². The summed E-state index contributed by atoms with van der Waals surface area (Å²) in [5.74, 6) is -0.516. The van der Waals surface area contributed by atoms with Crippen LogP contribution in [0, 0.1) is 12.7 Å². The van der Waals surface area contributed by atoms with E-state index in [1.807, 2.05) is 37.3 Å². The molecule has 70 heavy (non-hydrogen) atoms. The molecule has 6 rings (SSSR count). The molecule has 2 fully saturated rings. The highest BCUT2D eigenvalue weighted by atomic mass is 19.4. The van der Waals surface area contributed by atoms with Crippen LogP contribution in [0.3, 0.4) is 0 Å². The fourth-order valence-electron chi connectivity index (χ4n) is 8.33. The third kappa shape index (κ3) is 15.1. The zero-order chi connectivity index (χ0) is 50.4. The van der Waals surface area contributed by atoms with Crippen LogP contribution in [0.1, 0.15) is 80.0 Å². The Balaban J connectivity index is 1.23. The summed E-state index contributed by atoms with van der Waals surface area (Å²) >= 11 is 0. The molecule has 0 aromatic heterocycles. The van der Waals surface area contributed by atoms with E-state index >= 15 is 4.79 Å². The molecule has 3 aromatic carbocycles. The number of hydrogen-bond acceptors (Lipinski definition) is 16. The summed E-state index contributed by atoms with van der Waals surface area (Å²) in [6, 6.07) is 13.2. The third-order valence-electron chi connectivity index (χ3n) is 11.9. The monoisotopic (exact) mass is 993 g/mol. The van der Waals surface area contributed by atoms with Gasteiger partial charge in [0.15, 0.2) is 11.6 Å². The van der Waals surface area contributed by atoms with Gasteiger partial charge in [0.2, 0.25) is 0 Å². The van der Waals surface area contributed by atoms with Gasteiger partial charge in [-0.25, -0.2) is 14.0 Å². The standard InChI is InChI=1S/C47H59F4N5O14/c1-31-25-32(9-17-41(31)64-2)28-53(35-13-14-35)44(57)43-38(33-10-15-37(16-11-33)65-19-3-4-20-66-42-18-12-34(26-39(42)48)47(49,50)51)27-36-29-52(45(58)67-21-5-7-23-69-55(60)61)30-40(43)54(36)46(59)68-22-6-8-24-70-56(62)63/h9-12,15-18,25-26,35-36,40,60-63H,3-8,13-14,19-24,27-30H2,1-2H3. The quantitative estimate of drug-likeness (QED) is 0.0360. The number of carbonyl (C=O) groups excluding carboxylic acids is 3. The molecule has 0 spiro atoms. The summed E-state index contributed by atoms with van der Waals surface area (Å²) < 4.78 is 81.2. The van der Waals surface area contributed by atoms with E-state index in [1.54, 1.807) is 24.1 Å². The SMILES string of the molecule is COc1ccc(CN(C(=O)C2=C(c3ccc(OCCCCOc4ccc(C(F)(F)F)cc4F)cc3)CC3CN(C(=O)OCCCCON(O)O)CC2N3C(=O)OCCCCON(O)O)C2CC2)cc1C. The minimum absolute atomic E-state index is 0.0147. The topological polar surface area (TPSA) is 213 Å². The molecule has 1 saturated heterocycles. The van der Waals surface area contributed by atoms with Gasteiger partial charge in [0.25, 0.3) is 5.91 Å². The predicted molar refractivity (Wildman–Crippen MR) is 236 cm³/mol. The number of ether oxygens (including phenoxy) is 5. The lowest BCUT2D eigenvalue weighted by Crippen LogP contribution is -2.65. The van der Waals surface area contributed by atoms with Gasteiger partial charge in [-0.05, 0) is 123 Å². The van der Waals surface area contributed by atoms with Gasteiger partial charge >= 0.3 is 18.4 Å². The lowest BCUT2D eigenvalue weighted by atomic mass is 9.81. The summed E-state index contributed by atoms with van der Waals surface area (Å²) in [6.07, 6.45) is -2.17. The molecule has 2 bridgehead atoms. The second-order valence-corrected chi connectivity index (χ2v) is 16.9. The summed E-state index contributed by atoms with van der Waals surface area (Å²) in [7, 11) is 1.58. The van der Waals surface area contributed by atoms with Gasteiger partial charge in [-0.15, -0.1) is 0 Å². The molecule has 19 nitrogen and oxygen atoms in total. The van der Waals surface area contributed by atoms with Gasteiger partial charge in [0, 0.05) is 31.2 Å². The molecule has 2 unspecified atom stereocenters. The molecule has 384 valence electrons. The number of carbonyl (C=O) groups is 3. The number of aryl methyl sites for hydroxylation is 1. The smallest absolute Gasteiger partial charge is 0.416 e. The van der Waals surface area contributed by atoms with Crippen molar-refractivity contribution in [2.75, 3.05) is 59.8 Å².